The van der Waals surface area contributed by atoms with Crippen LogP contribution < -0.4 is 0 Å². The number of hydrogen-bond donors (Lipinski definition) is 0. The van der Waals surface area contributed by atoms with Gasteiger partial charge >= 0.3 is 7.12 Å². The summed E-state index contributed by atoms with van der Waals surface area (Å²) >= 11 is 0. The van der Waals surface area contributed by atoms with Gasteiger partial charge < -0.3 is 9.31 Å². The Hall–Kier alpha value is -0.785. The van der Waals surface area contributed by atoms with Gasteiger partial charge in [0.2, 0.25) is 0 Å². The first-order chi connectivity index (χ1) is 8.77. The second-order valence-corrected chi connectivity index (χ2v) is 6.52. The van der Waals surface area contributed by atoms with Crippen LogP contribution in [0.15, 0.2) is 11.8 Å². The van der Waals surface area contributed by atoms with E-state index >= 15 is 0 Å². The van der Waals surface area contributed by atoms with Gasteiger partial charge in [0, 0.05) is 5.92 Å². The van der Waals surface area contributed by atoms with E-state index in [1.165, 1.54) is 18.9 Å². The molecule has 1 saturated heterocycles. The van der Waals surface area contributed by atoms with Crippen LogP contribution in [-0.4, -0.2) is 18.3 Å². The lowest BCUT2D eigenvalue weighted by molar-refractivity contribution is 0.00578. The molecule has 4 heteroatoms. The smallest absolute Gasteiger partial charge is 0.398 e. The number of rotatable bonds is 4. The molecule has 0 aromatic carbocycles. The molecule has 1 aliphatic carbocycles. The minimum absolute atomic E-state index is 0.146. The molecule has 19 heavy (non-hydrogen) atoms. The van der Waals surface area contributed by atoms with Crippen molar-refractivity contribution in [1.82, 2.24) is 0 Å². The molecule has 2 nitrogen and oxygen atoms in total. The van der Waals surface area contributed by atoms with Gasteiger partial charge in [0.05, 0.1) is 11.2 Å². The zero-order valence-corrected chi connectivity index (χ0v) is 12.2. The lowest BCUT2D eigenvalue weighted by Gasteiger charge is -2.32. The van der Waals surface area contributed by atoms with Crippen molar-refractivity contribution in [3.05, 3.63) is 11.8 Å². The minimum Gasteiger partial charge on any atom is -0.398 e. The topological polar surface area (TPSA) is 18.5 Å². The number of allylic oxidation sites excluding steroid dienone is 1. The molecule has 0 spiro atoms. The van der Waals surface area contributed by atoms with Crippen molar-refractivity contribution < 1.29 is 13.7 Å². The maximum absolute atomic E-state index is 14.1. The second-order valence-electron chi connectivity index (χ2n) is 6.52. The molecule has 2 aliphatic rings. The highest BCUT2D eigenvalue weighted by Gasteiger charge is 2.53. The van der Waals surface area contributed by atoms with Crippen LogP contribution in [0.25, 0.3) is 0 Å². The second kappa shape index (κ2) is 4.96. The predicted octanol–water partition coefficient (Wildman–Crippen LogP) is 3.52. The SMILES string of the molecule is C#CC(CC=C(F)B1OC(C)(C)C(C)(C)O1)C1CC1. The molecule has 0 amide bonds. The zero-order valence-electron chi connectivity index (χ0n) is 12.2. The van der Waals surface area contributed by atoms with Gasteiger partial charge in [-0.05, 0) is 52.9 Å². The Labute approximate surface area is 115 Å². The standard InChI is InChI=1S/C15H22BFO2/c1-6-11(12-7-8-12)9-10-13(17)16-18-14(2,3)15(4,5)19-16/h1,10-12H,7-9H2,2-5H3. The fourth-order valence-electron chi connectivity index (χ4n) is 2.19. The van der Waals surface area contributed by atoms with Crippen LogP contribution in [0.3, 0.4) is 0 Å². The molecular weight excluding hydrogens is 242 g/mol. The fourth-order valence-corrected chi connectivity index (χ4v) is 2.19. The van der Waals surface area contributed by atoms with Crippen molar-refractivity contribution in [2.45, 2.75) is 58.2 Å². The Bertz CT molecular complexity index is 402. The maximum atomic E-state index is 14.1. The molecule has 1 heterocycles. The van der Waals surface area contributed by atoms with E-state index in [9.17, 15) is 4.39 Å². The largest absolute Gasteiger partial charge is 0.524 e. The van der Waals surface area contributed by atoms with E-state index in [2.05, 4.69) is 5.92 Å². The summed E-state index contributed by atoms with van der Waals surface area (Å²) in [7, 11) is -0.900. The first-order valence-corrected chi connectivity index (χ1v) is 6.94. The van der Waals surface area contributed by atoms with Gasteiger partial charge in [-0.3, -0.25) is 0 Å². The third-order valence-corrected chi connectivity index (χ3v) is 4.45. The van der Waals surface area contributed by atoms with Gasteiger partial charge in [-0.2, -0.15) is 0 Å². The van der Waals surface area contributed by atoms with E-state index in [1.54, 1.807) is 0 Å². The normalized spacial score (nSPS) is 27.2. The summed E-state index contributed by atoms with van der Waals surface area (Å²) < 4.78 is 25.4. The van der Waals surface area contributed by atoms with Crippen LogP contribution in [0.2, 0.25) is 0 Å². The lowest BCUT2D eigenvalue weighted by Crippen LogP contribution is -2.41. The highest BCUT2D eigenvalue weighted by molar-refractivity contribution is 6.53. The molecule has 0 aromatic heterocycles. The summed E-state index contributed by atoms with van der Waals surface area (Å²) in [5.74, 6) is 3.47. The predicted molar refractivity (Wildman–Crippen MR) is 74.9 cm³/mol. The molecule has 104 valence electrons. The van der Waals surface area contributed by atoms with E-state index in [0.29, 0.717) is 12.3 Å². The van der Waals surface area contributed by atoms with E-state index in [4.69, 9.17) is 15.7 Å². The van der Waals surface area contributed by atoms with Crippen molar-refractivity contribution in [2.24, 2.45) is 11.8 Å². The monoisotopic (exact) mass is 264 g/mol. The average Bonchev–Trinajstić information content (AvgIpc) is 3.08. The molecule has 1 atom stereocenters. The van der Waals surface area contributed by atoms with Crippen LogP contribution >= 0.6 is 0 Å². The molecule has 1 aliphatic heterocycles. The molecule has 0 N–H and O–H groups in total. The minimum atomic E-state index is -0.900. The van der Waals surface area contributed by atoms with Crippen LogP contribution in [0.4, 0.5) is 4.39 Å². The number of halogens is 1. The van der Waals surface area contributed by atoms with Crippen molar-refractivity contribution >= 4 is 7.12 Å². The third-order valence-electron chi connectivity index (χ3n) is 4.45. The van der Waals surface area contributed by atoms with Gasteiger partial charge in [0.25, 0.3) is 0 Å². The Balaban J connectivity index is 1.97. The summed E-state index contributed by atoms with van der Waals surface area (Å²) in [6.45, 7) is 7.65. The third kappa shape index (κ3) is 3.04. The maximum Gasteiger partial charge on any atom is 0.524 e. The van der Waals surface area contributed by atoms with Crippen LogP contribution in [0.5, 0.6) is 0 Å². The Kier molecular flexibility index (Phi) is 3.82. The van der Waals surface area contributed by atoms with Crippen LogP contribution in [-0.2, 0) is 9.31 Å². The van der Waals surface area contributed by atoms with Crippen LogP contribution in [0, 0.1) is 24.2 Å². The first-order valence-electron chi connectivity index (χ1n) is 6.94. The quantitative estimate of drug-likeness (QED) is 0.571. The molecule has 0 aromatic rings. The summed E-state index contributed by atoms with van der Waals surface area (Å²) in [4.78, 5) is 0. The molecular formula is C15H22BFO2. The summed E-state index contributed by atoms with van der Waals surface area (Å²) in [5.41, 5.74) is -1.38. The summed E-state index contributed by atoms with van der Waals surface area (Å²) in [6, 6.07) is 0. The van der Waals surface area contributed by atoms with E-state index < -0.39 is 18.3 Å². The molecule has 1 unspecified atom stereocenters. The van der Waals surface area contributed by atoms with E-state index in [-0.39, 0.29) is 11.6 Å². The Morgan fingerprint density at radius 1 is 1.37 bits per heavy atom. The van der Waals surface area contributed by atoms with Crippen molar-refractivity contribution in [3.8, 4) is 12.3 Å². The van der Waals surface area contributed by atoms with Gasteiger partial charge in [0.1, 0.15) is 5.73 Å². The average molecular weight is 264 g/mol. The van der Waals surface area contributed by atoms with Gasteiger partial charge in [0.15, 0.2) is 0 Å². The number of hydrogen-bond acceptors (Lipinski definition) is 2. The van der Waals surface area contributed by atoms with Crippen LogP contribution in [0.1, 0.15) is 47.0 Å². The molecule has 2 fully saturated rings. The summed E-state index contributed by atoms with van der Waals surface area (Å²) in [5, 5.41) is 0. The molecule has 0 radical (unpaired) electrons. The fraction of sp³-hybridized carbons (Fsp3) is 0.733. The number of terminal acetylenes is 1. The van der Waals surface area contributed by atoms with Gasteiger partial charge in [-0.1, -0.05) is 6.08 Å². The van der Waals surface area contributed by atoms with E-state index in [0.717, 1.165) is 0 Å². The van der Waals surface area contributed by atoms with E-state index in [1.807, 2.05) is 27.7 Å². The lowest BCUT2D eigenvalue weighted by atomic mass is 9.86. The molecule has 2 rings (SSSR count). The highest BCUT2D eigenvalue weighted by Crippen LogP contribution is 2.40. The Morgan fingerprint density at radius 3 is 2.32 bits per heavy atom. The van der Waals surface area contributed by atoms with Gasteiger partial charge in [-0.15, -0.1) is 12.3 Å². The first kappa shape index (κ1) is 14.6. The zero-order chi connectivity index (χ0) is 14.3. The summed E-state index contributed by atoms with van der Waals surface area (Å²) in [6.07, 6.45) is 9.91. The Morgan fingerprint density at radius 2 is 1.89 bits per heavy atom. The molecule has 0 bridgehead atoms. The highest BCUT2D eigenvalue weighted by atomic mass is 19.1. The van der Waals surface area contributed by atoms with Crippen molar-refractivity contribution in [3.63, 3.8) is 0 Å². The van der Waals surface area contributed by atoms with Crippen molar-refractivity contribution in [1.29, 1.82) is 0 Å². The van der Waals surface area contributed by atoms with Crippen molar-refractivity contribution in [2.75, 3.05) is 0 Å². The molecule has 1 saturated carbocycles. The van der Waals surface area contributed by atoms with Gasteiger partial charge in [-0.25, -0.2) is 4.39 Å².